The monoisotopic (exact) mass is 308 g/mol. The molecule has 1 atom stereocenters. The lowest BCUT2D eigenvalue weighted by Gasteiger charge is -2.07. The first kappa shape index (κ1) is 17.8. The predicted octanol–water partition coefficient (Wildman–Crippen LogP) is 1.91. The van der Waals surface area contributed by atoms with Crippen LogP contribution in [0.5, 0.6) is 5.75 Å². The molecule has 0 radical (unpaired) electrons. The van der Waals surface area contributed by atoms with Gasteiger partial charge in [-0.3, -0.25) is 9.59 Å². The number of Topliss-reactive ketones (excluding diaryl/α,β-unsaturated/α-hetero) is 1. The average Bonchev–Trinajstić information content (AvgIpc) is 2.53. The summed E-state index contributed by atoms with van der Waals surface area (Å²) in [7, 11) is 0. The third kappa shape index (κ3) is 6.01. The molecule has 0 saturated carbocycles. The summed E-state index contributed by atoms with van der Waals surface area (Å²) in [5.74, 6) is -1.12. The van der Waals surface area contributed by atoms with Crippen LogP contribution in [0.4, 0.5) is 5.69 Å². The number of aliphatic hydroxyl groups excluding tert-OH is 1. The van der Waals surface area contributed by atoms with Crippen molar-refractivity contribution in [3.05, 3.63) is 24.3 Å². The van der Waals surface area contributed by atoms with E-state index < -0.39 is 11.9 Å². The number of azo groups is 1. The number of carbonyl (C=O) groups excluding carboxylic acids is 2. The van der Waals surface area contributed by atoms with Crippen LogP contribution in [0.1, 0.15) is 13.8 Å². The van der Waals surface area contributed by atoms with Crippen molar-refractivity contribution in [2.24, 2.45) is 16.1 Å². The van der Waals surface area contributed by atoms with Gasteiger partial charge in [-0.25, -0.2) is 0 Å². The fourth-order valence-corrected chi connectivity index (χ4v) is 1.49. The highest BCUT2D eigenvalue weighted by atomic mass is 16.5. The Hall–Kier alpha value is -2.28. The molecule has 120 valence electrons. The topological polar surface area (TPSA) is 97.6 Å². The first-order valence-corrected chi connectivity index (χ1v) is 6.99. The Morgan fingerprint density at radius 1 is 1.27 bits per heavy atom. The van der Waals surface area contributed by atoms with E-state index in [0.717, 1.165) is 0 Å². The van der Waals surface area contributed by atoms with E-state index >= 15 is 0 Å². The number of rotatable bonds is 9. The SMILES string of the molecule is CCOC(=O)C(C)C(=O)CN=Nc1ccc(OCCO)cc1. The molecule has 0 amide bonds. The normalized spacial score (nSPS) is 12.1. The van der Waals surface area contributed by atoms with Crippen LogP contribution in [0.15, 0.2) is 34.5 Å². The molecule has 7 heteroatoms. The van der Waals surface area contributed by atoms with Crippen molar-refractivity contribution in [2.45, 2.75) is 13.8 Å². The van der Waals surface area contributed by atoms with Gasteiger partial charge in [0, 0.05) is 0 Å². The second kappa shape index (κ2) is 9.62. The predicted molar refractivity (Wildman–Crippen MR) is 79.2 cm³/mol. The Morgan fingerprint density at radius 3 is 2.55 bits per heavy atom. The quantitative estimate of drug-likeness (QED) is 0.427. The second-order valence-electron chi connectivity index (χ2n) is 4.41. The molecule has 1 aromatic carbocycles. The van der Waals surface area contributed by atoms with Crippen molar-refractivity contribution in [3.8, 4) is 5.75 Å². The van der Waals surface area contributed by atoms with Gasteiger partial charge in [-0.15, -0.1) is 0 Å². The lowest BCUT2D eigenvalue weighted by atomic mass is 10.1. The van der Waals surface area contributed by atoms with Gasteiger partial charge in [0.25, 0.3) is 0 Å². The molecule has 0 aliphatic heterocycles. The van der Waals surface area contributed by atoms with E-state index in [1.165, 1.54) is 6.92 Å². The van der Waals surface area contributed by atoms with Gasteiger partial charge in [0.2, 0.25) is 0 Å². The van der Waals surface area contributed by atoms with Gasteiger partial charge in [0.15, 0.2) is 5.78 Å². The highest BCUT2D eigenvalue weighted by Crippen LogP contribution is 2.18. The van der Waals surface area contributed by atoms with Gasteiger partial charge >= 0.3 is 5.97 Å². The van der Waals surface area contributed by atoms with Crippen molar-refractivity contribution < 1.29 is 24.2 Å². The summed E-state index contributed by atoms with van der Waals surface area (Å²) in [4.78, 5) is 23.1. The van der Waals surface area contributed by atoms with E-state index in [0.29, 0.717) is 11.4 Å². The number of esters is 1. The van der Waals surface area contributed by atoms with E-state index in [1.807, 2.05) is 0 Å². The van der Waals surface area contributed by atoms with Crippen LogP contribution < -0.4 is 4.74 Å². The Balaban J connectivity index is 2.48. The number of carbonyl (C=O) groups is 2. The van der Waals surface area contributed by atoms with E-state index in [4.69, 9.17) is 14.6 Å². The number of ketones is 1. The average molecular weight is 308 g/mol. The largest absolute Gasteiger partial charge is 0.491 e. The number of hydrogen-bond acceptors (Lipinski definition) is 7. The van der Waals surface area contributed by atoms with Gasteiger partial charge < -0.3 is 14.6 Å². The summed E-state index contributed by atoms with van der Waals surface area (Å²) in [6.45, 7) is 3.40. The Bertz CT molecular complexity index is 513. The Morgan fingerprint density at radius 2 is 1.95 bits per heavy atom. The standard InChI is InChI=1S/C15H20N2O5/c1-3-21-15(20)11(2)14(19)10-16-17-12-4-6-13(7-5-12)22-9-8-18/h4-7,11,18H,3,8-10H2,1-2H3. The minimum Gasteiger partial charge on any atom is -0.491 e. The lowest BCUT2D eigenvalue weighted by Crippen LogP contribution is -2.25. The van der Waals surface area contributed by atoms with Crippen LogP contribution in [-0.4, -0.2) is 43.2 Å². The van der Waals surface area contributed by atoms with Gasteiger partial charge in [-0.05, 0) is 38.1 Å². The number of benzene rings is 1. The minimum atomic E-state index is -0.840. The molecule has 7 nitrogen and oxygen atoms in total. The van der Waals surface area contributed by atoms with E-state index in [9.17, 15) is 9.59 Å². The van der Waals surface area contributed by atoms with Gasteiger partial charge in [-0.1, -0.05) is 0 Å². The Kier molecular flexibility index (Phi) is 7.77. The smallest absolute Gasteiger partial charge is 0.316 e. The summed E-state index contributed by atoms with van der Waals surface area (Å²) in [6.07, 6.45) is 0. The molecule has 0 saturated heterocycles. The first-order chi connectivity index (χ1) is 10.6. The van der Waals surface area contributed by atoms with Gasteiger partial charge in [-0.2, -0.15) is 10.2 Å². The van der Waals surface area contributed by atoms with Crippen molar-refractivity contribution >= 4 is 17.4 Å². The van der Waals surface area contributed by atoms with Crippen LogP contribution >= 0.6 is 0 Å². The van der Waals surface area contributed by atoms with Crippen molar-refractivity contribution in [1.82, 2.24) is 0 Å². The zero-order valence-electron chi connectivity index (χ0n) is 12.7. The molecule has 0 heterocycles. The lowest BCUT2D eigenvalue weighted by molar-refractivity contribution is -0.150. The van der Waals surface area contributed by atoms with Crippen LogP contribution in [0, 0.1) is 5.92 Å². The van der Waals surface area contributed by atoms with Crippen LogP contribution in [0.3, 0.4) is 0 Å². The van der Waals surface area contributed by atoms with Crippen molar-refractivity contribution in [3.63, 3.8) is 0 Å². The van der Waals surface area contributed by atoms with Gasteiger partial charge in [0.05, 0.1) is 18.9 Å². The maximum absolute atomic E-state index is 11.7. The van der Waals surface area contributed by atoms with Crippen molar-refractivity contribution in [2.75, 3.05) is 26.4 Å². The molecule has 0 fully saturated rings. The first-order valence-electron chi connectivity index (χ1n) is 6.99. The molecule has 0 aliphatic rings. The molecule has 0 spiro atoms. The van der Waals surface area contributed by atoms with E-state index in [-0.39, 0.29) is 32.1 Å². The second-order valence-corrected chi connectivity index (χ2v) is 4.41. The molecule has 0 aliphatic carbocycles. The molecule has 0 aromatic heterocycles. The maximum atomic E-state index is 11.7. The van der Waals surface area contributed by atoms with E-state index in [1.54, 1.807) is 31.2 Å². The molecule has 1 N–H and O–H groups in total. The number of ether oxygens (including phenoxy) is 2. The summed E-state index contributed by atoms with van der Waals surface area (Å²) in [6, 6.07) is 6.73. The fourth-order valence-electron chi connectivity index (χ4n) is 1.49. The van der Waals surface area contributed by atoms with Crippen molar-refractivity contribution in [1.29, 1.82) is 0 Å². The zero-order chi connectivity index (χ0) is 16.4. The minimum absolute atomic E-state index is 0.0534. The highest BCUT2D eigenvalue weighted by Gasteiger charge is 2.21. The third-order valence-electron chi connectivity index (χ3n) is 2.73. The summed E-state index contributed by atoms with van der Waals surface area (Å²) >= 11 is 0. The molecule has 1 rings (SSSR count). The van der Waals surface area contributed by atoms with E-state index in [2.05, 4.69) is 10.2 Å². The van der Waals surface area contributed by atoms with Crippen LogP contribution in [0.2, 0.25) is 0 Å². The molecule has 22 heavy (non-hydrogen) atoms. The van der Waals surface area contributed by atoms with Crippen LogP contribution in [0.25, 0.3) is 0 Å². The molecular formula is C15H20N2O5. The Labute approximate surface area is 129 Å². The molecule has 1 aromatic rings. The summed E-state index contributed by atoms with van der Waals surface area (Å²) in [5, 5.41) is 16.3. The maximum Gasteiger partial charge on any atom is 0.316 e. The number of hydrogen-bond donors (Lipinski definition) is 1. The molecule has 0 bridgehead atoms. The fraction of sp³-hybridized carbons (Fsp3) is 0.467. The van der Waals surface area contributed by atoms with Crippen LogP contribution in [-0.2, 0) is 14.3 Å². The highest BCUT2D eigenvalue weighted by molar-refractivity contribution is 5.99. The molecular weight excluding hydrogens is 288 g/mol. The summed E-state index contributed by atoms with van der Waals surface area (Å²) < 4.78 is 9.98. The molecule has 1 unspecified atom stereocenters. The van der Waals surface area contributed by atoms with Gasteiger partial charge in [0.1, 0.15) is 24.8 Å². The zero-order valence-corrected chi connectivity index (χ0v) is 12.7. The number of nitrogens with zero attached hydrogens (tertiary/aromatic N) is 2. The summed E-state index contributed by atoms with van der Waals surface area (Å²) in [5.41, 5.74) is 0.563. The third-order valence-corrected chi connectivity index (χ3v) is 2.73. The number of aliphatic hydroxyl groups is 1.